The van der Waals surface area contributed by atoms with Gasteiger partial charge in [-0.1, -0.05) is 30.7 Å². The molecule has 1 fully saturated rings. The number of aliphatic imine (C=N–C) groups is 2. The SMILES string of the molecule is CC(c1cc2cccc(Cl)c2nc1N1CCCOCC1)C1(C)N=C(N)N=C(N)N1. The van der Waals surface area contributed by atoms with Crippen molar-refractivity contribution in [1.82, 2.24) is 10.3 Å². The molecule has 1 aromatic carbocycles. The number of hydrogen-bond donors (Lipinski definition) is 3. The minimum atomic E-state index is -0.749. The predicted molar refractivity (Wildman–Crippen MR) is 118 cm³/mol. The van der Waals surface area contributed by atoms with E-state index < -0.39 is 5.66 Å². The lowest BCUT2D eigenvalue weighted by Gasteiger charge is -2.37. The van der Waals surface area contributed by atoms with Gasteiger partial charge in [-0.15, -0.1) is 0 Å². The first kappa shape index (κ1) is 19.7. The summed E-state index contributed by atoms with van der Waals surface area (Å²) in [6, 6.07) is 7.95. The summed E-state index contributed by atoms with van der Waals surface area (Å²) in [6.07, 6.45) is 0.941. The monoisotopic (exact) mass is 415 g/mol. The van der Waals surface area contributed by atoms with Crippen molar-refractivity contribution in [2.75, 3.05) is 31.2 Å². The van der Waals surface area contributed by atoms with Crippen LogP contribution in [0.2, 0.25) is 5.02 Å². The summed E-state index contributed by atoms with van der Waals surface area (Å²) in [7, 11) is 0. The summed E-state index contributed by atoms with van der Waals surface area (Å²) in [5, 5.41) is 4.80. The van der Waals surface area contributed by atoms with Crippen LogP contribution in [0.15, 0.2) is 34.3 Å². The van der Waals surface area contributed by atoms with E-state index in [-0.39, 0.29) is 17.8 Å². The molecule has 1 saturated heterocycles. The molecule has 2 aliphatic rings. The standard InChI is InChI=1S/C20H26ClN7O/c1-12(20(2)26-18(22)25-19(23)27-20)14-11-13-5-3-6-15(21)16(13)24-17(14)28-7-4-9-29-10-8-28/h3,5-6,11-12H,4,7-10H2,1-2H3,(H5,22,23,25,26,27). The van der Waals surface area contributed by atoms with E-state index in [1.807, 2.05) is 25.1 Å². The van der Waals surface area contributed by atoms with Crippen molar-refractivity contribution in [2.24, 2.45) is 21.5 Å². The van der Waals surface area contributed by atoms with Crippen LogP contribution in [0, 0.1) is 0 Å². The Morgan fingerprint density at radius 1 is 1.28 bits per heavy atom. The van der Waals surface area contributed by atoms with E-state index in [2.05, 4.69) is 33.2 Å². The van der Waals surface area contributed by atoms with E-state index in [0.717, 1.165) is 48.4 Å². The Hall–Kier alpha value is -2.58. The molecule has 2 atom stereocenters. The van der Waals surface area contributed by atoms with Gasteiger partial charge in [-0.05, 0) is 25.5 Å². The van der Waals surface area contributed by atoms with Gasteiger partial charge in [-0.3, -0.25) is 0 Å². The Kier molecular flexibility index (Phi) is 5.23. The largest absolute Gasteiger partial charge is 0.380 e. The third-order valence-electron chi connectivity index (χ3n) is 5.60. The summed E-state index contributed by atoms with van der Waals surface area (Å²) in [5.41, 5.74) is 12.9. The van der Waals surface area contributed by atoms with Crippen LogP contribution in [-0.4, -0.2) is 48.9 Å². The van der Waals surface area contributed by atoms with Crippen molar-refractivity contribution in [1.29, 1.82) is 0 Å². The van der Waals surface area contributed by atoms with Crippen LogP contribution in [0.3, 0.4) is 0 Å². The second-order valence-electron chi connectivity index (χ2n) is 7.63. The third-order valence-corrected chi connectivity index (χ3v) is 5.90. The summed E-state index contributed by atoms with van der Waals surface area (Å²) in [4.78, 5) is 15.8. The molecule has 0 amide bonds. The number of nitrogens with two attached hydrogens (primary N) is 2. The number of anilines is 1. The number of ether oxygens (including phenoxy) is 1. The molecule has 8 nitrogen and oxygen atoms in total. The van der Waals surface area contributed by atoms with E-state index in [1.54, 1.807) is 0 Å². The number of rotatable bonds is 3. The van der Waals surface area contributed by atoms with Gasteiger partial charge >= 0.3 is 0 Å². The predicted octanol–water partition coefficient (Wildman–Crippen LogP) is 2.17. The zero-order valence-corrected chi connectivity index (χ0v) is 17.4. The van der Waals surface area contributed by atoms with E-state index in [4.69, 9.17) is 32.8 Å². The van der Waals surface area contributed by atoms with Crippen molar-refractivity contribution in [3.05, 3.63) is 34.9 Å². The van der Waals surface area contributed by atoms with Gasteiger partial charge < -0.3 is 26.4 Å². The first-order valence-electron chi connectivity index (χ1n) is 9.77. The fourth-order valence-electron chi connectivity index (χ4n) is 3.91. The minimum Gasteiger partial charge on any atom is -0.380 e. The lowest BCUT2D eigenvalue weighted by atomic mass is 9.87. The molecule has 4 rings (SSSR count). The number of guanidine groups is 2. The fourth-order valence-corrected chi connectivity index (χ4v) is 4.13. The summed E-state index contributed by atoms with van der Waals surface area (Å²) in [6.45, 7) is 7.10. The maximum atomic E-state index is 6.46. The molecule has 0 bridgehead atoms. The highest BCUT2D eigenvalue weighted by atomic mass is 35.5. The maximum absolute atomic E-state index is 6.46. The molecule has 29 heavy (non-hydrogen) atoms. The minimum absolute atomic E-state index is 0.0925. The molecule has 9 heteroatoms. The molecular formula is C20H26ClN7O. The molecule has 2 aliphatic heterocycles. The molecule has 154 valence electrons. The van der Waals surface area contributed by atoms with Crippen molar-refractivity contribution in [2.45, 2.75) is 31.8 Å². The zero-order chi connectivity index (χ0) is 20.6. The number of fused-ring (bicyclic) bond motifs is 1. The molecule has 5 N–H and O–H groups in total. The van der Waals surface area contributed by atoms with Gasteiger partial charge in [0.15, 0.2) is 5.96 Å². The fraction of sp³-hybridized carbons (Fsp3) is 0.450. The number of hydrogen-bond acceptors (Lipinski definition) is 8. The van der Waals surface area contributed by atoms with Gasteiger partial charge in [0, 0.05) is 36.6 Å². The molecule has 2 unspecified atom stereocenters. The Balaban J connectivity index is 1.85. The van der Waals surface area contributed by atoms with Crippen molar-refractivity contribution >= 4 is 40.2 Å². The Morgan fingerprint density at radius 3 is 2.90 bits per heavy atom. The van der Waals surface area contributed by atoms with E-state index in [0.29, 0.717) is 11.6 Å². The lowest BCUT2D eigenvalue weighted by Crippen LogP contribution is -2.55. The highest BCUT2D eigenvalue weighted by Gasteiger charge is 2.37. The quantitative estimate of drug-likeness (QED) is 0.707. The number of para-hydroxylation sites is 1. The van der Waals surface area contributed by atoms with Crippen LogP contribution in [0.25, 0.3) is 10.9 Å². The molecular weight excluding hydrogens is 390 g/mol. The third kappa shape index (κ3) is 3.82. The lowest BCUT2D eigenvalue weighted by molar-refractivity contribution is 0.152. The van der Waals surface area contributed by atoms with Gasteiger partial charge in [-0.2, -0.15) is 4.99 Å². The van der Waals surface area contributed by atoms with Crippen LogP contribution < -0.4 is 21.7 Å². The van der Waals surface area contributed by atoms with E-state index >= 15 is 0 Å². The van der Waals surface area contributed by atoms with E-state index in [1.165, 1.54) is 0 Å². The first-order valence-corrected chi connectivity index (χ1v) is 10.1. The van der Waals surface area contributed by atoms with Gasteiger partial charge in [0.25, 0.3) is 0 Å². The molecule has 0 spiro atoms. The van der Waals surface area contributed by atoms with Crippen LogP contribution in [0.1, 0.15) is 31.7 Å². The van der Waals surface area contributed by atoms with Gasteiger partial charge in [0.05, 0.1) is 17.1 Å². The molecule has 0 radical (unpaired) electrons. The summed E-state index contributed by atoms with van der Waals surface area (Å²) >= 11 is 6.46. The number of nitrogens with one attached hydrogen (secondary N) is 1. The summed E-state index contributed by atoms with van der Waals surface area (Å²) < 4.78 is 5.64. The molecule has 2 aromatic rings. The number of pyridine rings is 1. The number of halogens is 1. The molecule has 0 aliphatic carbocycles. The highest BCUT2D eigenvalue weighted by Crippen LogP contribution is 2.38. The van der Waals surface area contributed by atoms with Crippen molar-refractivity contribution in [3.8, 4) is 0 Å². The second-order valence-corrected chi connectivity index (χ2v) is 8.03. The molecule has 1 aromatic heterocycles. The van der Waals surface area contributed by atoms with E-state index in [9.17, 15) is 0 Å². The Labute approximate surface area is 175 Å². The van der Waals surface area contributed by atoms with Gasteiger partial charge in [-0.25, -0.2) is 9.98 Å². The number of aromatic nitrogens is 1. The van der Waals surface area contributed by atoms with Gasteiger partial charge in [0.1, 0.15) is 11.5 Å². The van der Waals surface area contributed by atoms with Crippen molar-refractivity contribution in [3.63, 3.8) is 0 Å². The second kappa shape index (κ2) is 7.68. The summed E-state index contributed by atoms with van der Waals surface area (Å²) in [5.74, 6) is 1.22. The average Bonchev–Trinajstić information content (AvgIpc) is 2.95. The topological polar surface area (TPSA) is 114 Å². The molecule has 3 heterocycles. The van der Waals surface area contributed by atoms with Crippen LogP contribution >= 0.6 is 11.6 Å². The normalized spacial score (nSPS) is 23.8. The van der Waals surface area contributed by atoms with Crippen LogP contribution in [-0.2, 0) is 4.74 Å². The van der Waals surface area contributed by atoms with Gasteiger partial charge in [0.2, 0.25) is 5.96 Å². The average molecular weight is 416 g/mol. The molecule has 0 saturated carbocycles. The Bertz CT molecular complexity index is 984. The van der Waals surface area contributed by atoms with Crippen molar-refractivity contribution < 1.29 is 4.74 Å². The number of nitrogens with zero attached hydrogens (tertiary/aromatic N) is 4. The van der Waals surface area contributed by atoms with Crippen LogP contribution in [0.4, 0.5) is 5.82 Å². The van der Waals surface area contributed by atoms with Crippen LogP contribution in [0.5, 0.6) is 0 Å². The first-order chi connectivity index (χ1) is 13.9. The smallest absolute Gasteiger partial charge is 0.220 e. The maximum Gasteiger partial charge on any atom is 0.220 e. The number of benzene rings is 1. The highest BCUT2D eigenvalue weighted by molar-refractivity contribution is 6.35. The zero-order valence-electron chi connectivity index (χ0n) is 16.7. The Morgan fingerprint density at radius 2 is 2.10 bits per heavy atom.